The molecule has 0 spiro atoms. The van der Waals surface area contributed by atoms with Crippen molar-refractivity contribution in [2.45, 2.75) is 24.3 Å². The van der Waals surface area contributed by atoms with E-state index in [9.17, 15) is 4.79 Å². The van der Waals surface area contributed by atoms with Crippen molar-refractivity contribution in [3.8, 4) is 0 Å². The van der Waals surface area contributed by atoms with Gasteiger partial charge in [0.05, 0.1) is 17.6 Å². The van der Waals surface area contributed by atoms with Crippen LogP contribution in [0.15, 0.2) is 53.4 Å². The number of carbonyl (C=O) groups excluding carboxylic acids is 1. The number of ketones is 1. The second kappa shape index (κ2) is 7.87. The highest BCUT2D eigenvalue weighted by molar-refractivity contribution is 7.98. The molecule has 27 heavy (non-hydrogen) atoms. The quantitative estimate of drug-likeness (QED) is 0.487. The van der Waals surface area contributed by atoms with Crippen molar-refractivity contribution in [1.29, 1.82) is 0 Å². The Balaban J connectivity index is 1.47. The minimum atomic E-state index is 0.0774. The zero-order chi connectivity index (χ0) is 18.8. The summed E-state index contributed by atoms with van der Waals surface area (Å²) in [7, 11) is 2.07. The molecule has 5 heteroatoms. The SMILES string of the molecule is CSc1ccc(C(=O)C2CCCN(Cc3nc4ccccc4n3C)C2)cc1. The Bertz CT molecular complexity index is 948. The molecular formula is C22H25N3OS. The molecule has 0 amide bonds. The van der Waals surface area contributed by atoms with Crippen LogP contribution >= 0.6 is 11.8 Å². The molecule has 4 nitrogen and oxygen atoms in total. The Morgan fingerprint density at radius 1 is 1.19 bits per heavy atom. The number of piperidine rings is 1. The zero-order valence-corrected chi connectivity index (χ0v) is 16.7. The lowest BCUT2D eigenvalue weighted by Crippen LogP contribution is -2.38. The van der Waals surface area contributed by atoms with Gasteiger partial charge in [-0.3, -0.25) is 9.69 Å². The van der Waals surface area contributed by atoms with Gasteiger partial charge in [-0.05, 0) is 49.9 Å². The molecule has 2 heterocycles. The van der Waals surface area contributed by atoms with Crippen LogP contribution in [-0.4, -0.2) is 39.6 Å². The highest BCUT2D eigenvalue weighted by Gasteiger charge is 2.27. The van der Waals surface area contributed by atoms with E-state index in [2.05, 4.69) is 34.9 Å². The maximum Gasteiger partial charge on any atom is 0.167 e. The highest BCUT2D eigenvalue weighted by Crippen LogP contribution is 2.24. The Kier molecular flexibility index (Phi) is 5.32. The minimum absolute atomic E-state index is 0.0774. The second-order valence-electron chi connectivity index (χ2n) is 7.24. The fraction of sp³-hybridized carbons (Fsp3) is 0.364. The number of imidazole rings is 1. The van der Waals surface area contributed by atoms with Crippen LogP contribution in [0.2, 0.25) is 0 Å². The fourth-order valence-corrected chi connectivity index (χ4v) is 4.35. The van der Waals surface area contributed by atoms with E-state index in [4.69, 9.17) is 4.98 Å². The molecule has 1 saturated heterocycles. The molecular weight excluding hydrogens is 354 g/mol. The van der Waals surface area contributed by atoms with E-state index in [1.165, 1.54) is 4.90 Å². The van der Waals surface area contributed by atoms with Gasteiger partial charge in [0.2, 0.25) is 0 Å². The third kappa shape index (κ3) is 3.80. The van der Waals surface area contributed by atoms with E-state index in [0.29, 0.717) is 0 Å². The number of likely N-dealkylation sites (tertiary alicyclic amines) is 1. The van der Waals surface area contributed by atoms with Gasteiger partial charge in [0.25, 0.3) is 0 Å². The lowest BCUT2D eigenvalue weighted by molar-refractivity contribution is 0.0807. The standard InChI is InChI=1S/C22H25N3OS/c1-24-20-8-4-3-7-19(20)23-21(24)15-25-13-5-6-17(14-25)22(26)16-9-11-18(27-2)12-10-16/h3-4,7-12,17H,5-6,13-15H2,1-2H3. The molecule has 0 aliphatic carbocycles. The number of aryl methyl sites for hydroxylation is 1. The number of carbonyl (C=O) groups is 1. The van der Waals surface area contributed by atoms with Gasteiger partial charge in [-0.2, -0.15) is 0 Å². The van der Waals surface area contributed by atoms with Gasteiger partial charge in [0, 0.05) is 30.0 Å². The van der Waals surface area contributed by atoms with Crippen molar-refractivity contribution < 1.29 is 4.79 Å². The monoisotopic (exact) mass is 379 g/mol. The molecule has 1 atom stereocenters. The van der Waals surface area contributed by atoms with Gasteiger partial charge < -0.3 is 4.57 Å². The summed E-state index contributed by atoms with van der Waals surface area (Å²) in [6.45, 7) is 2.63. The van der Waals surface area contributed by atoms with Crippen LogP contribution in [0, 0.1) is 5.92 Å². The summed E-state index contributed by atoms with van der Waals surface area (Å²) in [5, 5.41) is 0. The molecule has 1 aliphatic heterocycles. The molecule has 0 saturated carbocycles. The van der Waals surface area contributed by atoms with Gasteiger partial charge in [-0.15, -0.1) is 11.8 Å². The normalized spacial score (nSPS) is 18.1. The Morgan fingerprint density at radius 3 is 2.70 bits per heavy atom. The van der Waals surface area contributed by atoms with Crippen molar-refractivity contribution in [1.82, 2.24) is 14.5 Å². The molecule has 1 unspecified atom stereocenters. The van der Waals surface area contributed by atoms with Crippen LogP contribution < -0.4 is 0 Å². The molecule has 0 bridgehead atoms. The van der Waals surface area contributed by atoms with Gasteiger partial charge in [0.15, 0.2) is 5.78 Å². The summed E-state index contributed by atoms with van der Waals surface area (Å²) in [4.78, 5) is 21.3. The van der Waals surface area contributed by atoms with E-state index in [0.717, 1.165) is 54.9 Å². The van der Waals surface area contributed by atoms with Gasteiger partial charge in [-0.1, -0.05) is 24.3 Å². The van der Waals surface area contributed by atoms with Crippen LogP contribution in [0.5, 0.6) is 0 Å². The number of benzene rings is 2. The van der Waals surface area contributed by atoms with Crippen molar-refractivity contribution in [2.24, 2.45) is 13.0 Å². The van der Waals surface area contributed by atoms with Crippen molar-refractivity contribution in [3.63, 3.8) is 0 Å². The summed E-state index contributed by atoms with van der Waals surface area (Å²) in [5.74, 6) is 1.42. The first-order chi connectivity index (χ1) is 13.2. The van der Waals surface area contributed by atoms with E-state index in [1.54, 1.807) is 11.8 Å². The number of hydrogen-bond acceptors (Lipinski definition) is 4. The number of nitrogens with zero attached hydrogens (tertiary/aromatic N) is 3. The number of rotatable bonds is 5. The van der Waals surface area contributed by atoms with Gasteiger partial charge in [0.1, 0.15) is 5.82 Å². The van der Waals surface area contributed by atoms with Crippen LogP contribution in [0.3, 0.4) is 0 Å². The topological polar surface area (TPSA) is 38.1 Å². The van der Waals surface area contributed by atoms with E-state index in [-0.39, 0.29) is 11.7 Å². The number of thioether (sulfide) groups is 1. The third-order valence-corrected chi connectivity index (χ3v) is 6.24. The molecule has 4 rings (SSSR count). The van der Waals surface area contributed by atoms with Gasteiger partial charge in [-0.25, -0.2) is 4.98 Å². The lowest BCUT2D eigenvalue weighted by Gasteiger charge is -2.31. The summed E-state index contributed by atoms with van der Waals surface area (Å²) >= 11 is 1.70. The molecule has 2 aromatic carbocycles. The Morgan fingerprint density at radius 2 is 1.96 bits per heavy atom. The van der Waals surface area contributed by atoms with Crippen LogP contribution in [0.4, 0.5) is 0 Å². The van der Waals surface area contributed by atoms with Crippen molar-refractivity contribution >= 4 is 28.6 Å². The predicted molar refractivity (Wildman–Crippen MR) is 111 cm³/mol. The van der Waals surface area contributed by atoms with E-state index < -0.39 is 0 Å². The highest BCUT2D eigenvalue weighted by atomic mass is 32.2. The Hall–Kier alpha value is -2.11. The number of fused-ring (bicyclic) bond motifs is 1. The smallest absolute Gasteiger partial charge is 0.167 e. The predicted octanol–water partition coefficient (Wildman–Crippen LogP) is 4.39. The molecule has 1 aromatic heterocycles. The molecule has 1 aliphatic rings. The number of Topliss-reactive ketones (excluding diaryl/α,β-unsaturated/α-hetero) is 1. The van der Waals surface area contributed by atoms with Crippen LogP contribution in [0.1, 0.15) is 29.0 Å². The number of hydrogen-bond donors (Lipinski definition) is 0. The first kappa shape index (κ1) is 18.3. The second-order valence-corrected chi connectivity index (χ2v) is 8.12. The van der Waals surface area contributed by atoms with Crippen LogP contribution in [0.25, 0.3) is 11.0 Å². The summed E-state index contributed by atoms with van der Waals surface area (Å²) in [6, 6.07) is 16.3. The zero-order valence-electron chi connectivity index (χ0n) is 15.9. The number of para-hydroxylation sites is 2. The maximum absolute atomic E-state index is 13.0. The van der Waals surface area contributed by atoms with Crippen molar-refractivity contribution in [2.75, 3.05) is 19.3 Å². The maximum atomic E-state index is 13.0. The summed E-state index contributed by atoms with van der Waals surface area (Å²) in [5.41, 5.74) is 3.03. The molecule has 140 valence electrons. The third-order valence-electron chi connectivity index (χ3n) is 5.50. The summed E-state index contributed by atoms with van der Waals surface area (Å²) in [6.07, 6.45) is 4.09. The molecule has 3 aromatic rings. The average Bonchev–Trinajstić information content (AvgIpc) is 3.03. The lowest BCUT2D eigenvalue weighted by atomic mass is 9.90. The van der Waals surface area contributed by atoms with Gasteiger partial charge >= 0.3 is 0 Å². The minimum Gasteiger partial charge on any atom is -0.330 e. The van der Waals surface area contributed by atoms with Crippen LogP contribution in [-0.2, 0) is 13.6 Å². The van der Waals surface area contributed by atoms with E-state index in [1.807, 2.05) is 36.4 Å². The average molecular weight is 380 g/mol. The van der Waals surface area contributed by atoms with Crippen molar-refractivity contribution in [3.05, 3.63) is 59.9 Å². The molecule has 0 radical (unpaired) electrons. The summed E-state index contributed by atoms with van der Waals surface area (Å²) < 4.78 is 2.17. The van der Waals surface area contributed by atoms with E-state index >= 15 is 0 Å². The Labute approximate surface area is 164 Å². The first-order valence-corrected chi connectivity index (χ1v) is 10.7. The first-order valence-electron chi connectivity index (χ1n) is 9.46. The molecule has 1 fully saturated rings. The largest absolute Gasteiger partial charge is 0.330 e. The fourth-order valence-electron chi connectivity index (χ4n) is 3.94. The molecule has 0 N–H and O–H groups in total. The number of aromatic nitrogens is 2.